The number of likely N-dealkylation sites (N-methyl/N-ethyl adjacent to an activating group) is 1. The van der Waals surface area contributed by atoms with Crippen molar-refractivity contribution in [3.63, 3.8) is 0 Å². The maximum atomic E-state index is 13.7. The van der Waals surface area contributed by atoms with Gasteiger partial charge in [0.05, 0.1) is 5.56 Å². The third-order valence-corrected chi connectivity index (χ3v) is 3.90. The van der Waals surface area contributed by atoms with Crippen LogP contribution in [0, 0.1) is 5.82 Å². The Kier molecular flexibility index (Phi) is 5.00. The van der Waals surface area contributed by atoms with Crippen LogP contribution in [0.25, 0.3) is 0 Å². The van der Waals surface area contributed by atoms with E-state index in [1.54, 1.807) is 11.3 Å². The van der Waals surface area contributed by atoms with Crippen LogP contribution in [0.4, 0.5) is 17.6 Å². The molecule has 1 unspecified atom stereocenters. The zero-order chi connectivity index (χ0) is 15.5. The fourth-order valence-corrected chi connectivity index (χ4v) is 2.86. The number of nitrogens with one attached hydrogen (secondary N) is 1. The molecule has 0 spiro atoms. The fraction of sp³-hybridized carbons (Fsp3) is 0.333. The van der Waals surface area contributed by atoms with Crippen molar-refractivity contribution in [2.24, 2.45) is 0 Å². The third kappa shape index (κ3) is 4.04. The average Bonchev–Trinajstić information content (AvgIpc) is 2.89. The number of benzene rings is 1. The lowest BCUT2D eigenvalue weighted by atomic mass is 9.98. The molecule has 0 aliphatic heterocycles. The number of alkyl halides is 3. The van der Waals surface area contributed by atoms with Gasteiger partial charge in [0.2, 0.25) is 0 Å². The summed E-state index contributed by atoms with van der Waals surface area (Å²) >= 11 is 1.55. The minimum absolute atomic E-state index is 0.207. The molecule has 0 aliphatic rings. The highest BCUT2D eigenvalue weighted by atomic mass is 32.1. The van der Waals surface area contributed by atoms with E-state index in [1.807, 2.05) is 23.8 Å². The van der Waals surface area contributed by atoms with Crippen molar-refractivity contribution in [2.45, 2.75) is 25.6 Å². The predicted molar refractivity (Wildman–Crippen MR) is 75.8 cm³/mol. The van der Waals surface area contributed by atoms with Crippen molar-refractivity contribution in [1.29, 1.82) is 0 Å². The minimum Gasteiger partial charge on any atom is -0.310 e. The summed E-state index contributed by atoms with van der Waals surface area (Å²) in [5.41, 5.74) is 0.372. The summed E-state index contributed by atoms with van der Waals surface area (Å²) in [6, 6.07) is 4.87. The summed E-state index contributed by atoms with van der Waals surface area (Å²) in [6.07, 6.45) is -4.05. The lowest BCUT2D eigenvalue weighted by molar-refractivity contribution is -0.140. The number of rotatable bonds is 5. The van der Waals surface area contributed by atoms with Gasteiger partial charge in [-0.2, -0.15) is 24.5 Å². The van der Waals surface area contributed by atoms with Gasteiger partial charge in [0.25, 0.3) is 0 Å². The van der Waals surface area contributed by atoms with E-state index in [0.717, 1.165) is 17.7 Å². The van der Waals surface area contributed by atoms with E-state index in [0.29, 0.717) is 18.5 Å². The first-order valence-electron chi connectivity index (χ1n) is 6.53. The Hall–Kier alpha value is -1.40. The minimum atomic E-state index is -4.66. The summed E-state index contributed by atoms with van der Waals surface area (Å²) in [6.45, 7) is 2.55. The van der Waals surface area contributed by atoms with Crippen LogP contribution in [0.15, 0.2) is 35.0 Å². The summed E-state index contributed by atoms with van der Waals surface area (Å²) in [7, 11) is 0. The highest BCUT2D eigenvalue weighted by Gasteiger charge is 2.34. The normalized spacial score (nSPS) is 13.4. The summed E-state index contributed by atoms with van der Waals surface area (Å²) < 4.78 is 51.4. The van der Waals surface area contributed by atoms with E-state index in [1.165, 1.54) is 6.07 Å². The molecule has 0 radical (unpaired) electrons. The standard InChI is InChI=1S/C15H15F4NS/c1-2-20-14(7-10-5-6-21-9-10)11-3-4-12(13(16)8-11)15(17,18)19/h3-6,8-9,14,20H,2,7H2,1H3. The molecule has 1 atom stereocenters. The molecule has 0 bridgehead atoms. The largest absolute Gasteiger partial charge is 0.419 e. The maximum absolute atomic E-state index is 13.7. The first-order valence-corrected chi connectivity index (χ1v) is 7.47. The van der Waals surface area contributed by atoms with Crippen molar-refractivity contribution >= 4 is 11.3 Å². The van der Waals surface area contributed by atoms with Gasteiger partial charge in [-0.1, -0.05) is 13.0 Å². The van der Waals surface area contributed by atoms with Gasteiger partial charge in [-0.25, -0.2) is 4.39 Å². The Morgan fingerprint density at radius 3 is 2.52 bits per heavy atom. The van der Waals surface area contributed by atoms with Crippen LogP contribution >= 0.6 is 11.3 Å². The van der Waals surface area contributed by atoms with Crippen LogP contribution < -0.4 is 5.32 Å². The lowest BCUT2D eigenvalue weighted by Crippen LogP contribution is -2.23. The molecule has 1 nitrogen and oxygen atoms in total. The van der Waals surface area contributed by atoms with E-state index < -0.39 is 17.6 Å². The second-order valence-corrected chi connectivity index (χ2v) is 5.46. The van der Waals surface area contributed by atoms with Crippen LogP contribution in [0.3, 0.4) is 0 Å². The van der Waals surface area contributed by atoms with E-state index >= 15 is 0 Å². The molecule has 2 rings (SSSR count). The second-order valence-electron chi connectivity index (χ2n) is 4.68. The number of thiophene rings is 1. The van der Waals surface area contributed by atoms with Crippen LogP contribution in [0.1, 0.15) is 29.7 Å². The second kappa shape index (κ2) is 6.58. The first-order chi connectivity index (χ1) is 9.91. The number of halogens is 4. The molecule has 0 amide bonds. The van der Waals surface area contributed by atoms with Crippen molar-refractivity contribution in [2.75, 3.05) is 6.54 Å². The van der Waals surface area contributed by atoms with Crippen LogP contribution in [0.2, 0.25) is 0 Å². The fourth-order valence-electron chi connectivity index (χ4n) is 2.18. The molecule has 0 fully saturated rings. The molecule has 0 aliphatic carbocycles. The molecule has 1 heterocycles. The average molecular weight is 317 g/mol. The SMILES string of the molecule is CCNC(Cc1ccsc1)c1ccc(C(F)(F)F)c(F)c1. The van der Waals surface area contributed by atoms with E-state index in [9.17, 15) is 17.6 Å². The molecular weight excluding hydrogens is 302 g/mol. The van der Waals surface area contributed by atoms with E-state index in [2.05, 4.69) is 5.32 Å². The monoisotopic (exact) mass is 317 g/mol. The Labute approximate surface area is 124 Å². The van der Waals surface area contributed by atoms with Crippen molar-refractivity contribution in [1.82, 2.24) is 5.32 Å². The van der Waals surface area contributed by atoms with Crippen molar-refractivity contribution < 1.29 is 17.6 Å². The highest BCUT2D eigenvalue weighted by molar-refractivity contribution is 7.07. The van der Waals surface area contributed by atoms with Gasteiger partial charge in [-0.15, -0.1) is 0 Å². The van der Waals surface area contributed by atoms with E-state index in [4.69, 9.17) is 0 Å². The van der Waals surface area contributed by atoms with Crippen molar-refractivity contribution in [3.8, 4) is 0 Å². The van der Waals surface area contributed by atoms with Crippen LogP contribution in [0.5, 0.6) is 0 Å². The molecule has 21 heavy (non-hydrogen) atoms. The van der Waals surface area contributed by atoms with Gasteiger partial charge in [0.1, 0.15) is 5.82 Å². The molecule has 114 valence electrons. The van der Waals surface area contributed by atoms with Crippen LogP contribution in [-0.2, 0) is 12.6 Å². The number of hydrogen-bond acceptors (Lipinski definition) is 2. The predicted octanol–water partition coefficient (Wildman–Crippen LogP) is 4.80. The van der Waals surface area contributed by atoms with Crippen LogP contribution in [-0.4, -0.2) is 6.54 Å². The summed E-state index contributed by atoms with van der Waals surface area (Å²) in [5, 5.41) is 7.09. The van der Waals surface area contributed by atoms with E-state index in [-0.39, 0.29) is 6.04 Å². The maximum Gasteiger partial charge on any atom is 0.419 e. The molecule has 1 aromatic carbocycles. The Bertz CT molecular complexity index is 578. The zero-order valence-corrected chi connectivity index (χ0v) is 12.2. The Morgan fingerprint density at radius 2 is 2.00 bits per heavy atom. The molecule has 6 heteroatoms. The van der Waals surface area contributed by atoms with Gasteiger partial charge in [0.15, 0.2) is 0 Å². The first kappa shape index (κ1) is 16.0. The third-order valence-electron chi connectivity index (χ3n) is 3.17. The summed E-state index contributed by atoms with van der Waals surface area (Å²) in [5.74, 6) is -1.23. The van der Waals surface area contributed by atoms with Gasteiger partial charge in [-0.05, 0) is 53.1 Å². The molecule has 0 saturated heterocycles. The van der Waals surface area contributed by atoms with Gasteiger partial charge in [0, 0.05) is 6.04 Å². The van der Waals surface area contributed by atoms with Gasteiger partial charge < -0.3 is 5.32 Å². The van der Waals surface area contributed by atoms with Gasteiger partial charge >= 0.3 is 6.18 Å². The smallest absolute Gasteiger partial charge is 0.310 e. The van der Waals surface area contributed by atoms with Crippen molar-refractivity contribution in [3.05, 3.63) is 57.5 Å². The zero-order valence-electron chi connectivity index (χ0n) is 11.4. The molecular formula is C15H15F4NS. The Balaban J connectivity index is 2.26. The van der Waals surface area contributed by atoms with Gasteiger partial charge in [-0.3, -0.25) is 0 Å². The highest BCUT2D eigenvalue weighted by Crippen LogP contribution is 2.33. The lowest BCUT2D eigenvalue weighted by Gasteiger charge is -2.19. The topological polar surface area (TPSA) is 12.0 Å². The number of hydrogen-bond donors (Lipinski definition) is 1. The summed E-state index contributed by atoms with van der Waals surface area (Å²) in [4.78, 5) is 0. The molecule has 0 saturated carbocycles. The Morgan fingerprint density at radius 1 is 1.24 bits per heavy atom. The molecule has 1 aromatic heterocycles. The molecule has 2 aromatic rings. The molecule has 1 N–H and O–H groups in total. The quantitative estimate of drug-likeness (QED) is 0.781.